The molecule has 0 N–H and O–H groups in total. The van der Waals surface area contributed by atoms with Gasteiger partial charge >= 0.3 is 40.0 Å². The molecule has 0 aliphatic rings. The summed E-state index contributed by atoms with van der Waals surface area (Å²) < 4.78 is 32.6. The van der Waals surface area contributed by atoms with Gasteiger partial charge in [-0.15, -0.1) is 0 Å². The fourth-order valence-corrected chi connectivity index (χ4v) is 2.83. The van der Waals surface area contributed by atoms with Crippen LogP contribution in [-0.4, -0.2) is 21.6 Å². The van der Waals surface area contributed by atoms with Crippen molar-refractivity contribution in [2.24, 2.45) is 0 Å². The Bertz CT molecular complexity index is 289. The summed E-state index contributed by atoms with van der Waals surface area (Å²) >= 11 is 0. The van der Waals surface area contributed by atoms with Crippen molar-refractivity contribution in [3.63, 3.8) is 0 Å². The van der Waals surface area contributed by atoms with Gasteiger partial charge < -0.3 is 1.43 Å². The van der Waals surface area contributed by atoms with Gasteiger partial charge in [-0.3, -0.25) is 0 Å². The van der Waals surface area contributed by atoms with Crippen LogP contribution in [0.2, 0.25) is 0 Å². The molecule has 0 aromatic heterocycles. The topological polar surface area (TPSA) is 52.6 Å². The zero-order valence-corrected chi connectivity index (χ0v) is 17.8. The normalized spacial score (nSPS) is 11.4. The van der Waals surface area contributed by atoms with Crippen molar-refractivity contribution in [3.8, 4) is 0 Å². The molecular formula is C16H35NaO4S. The molecule has 0 bridgehead atoms. The molecule has 22 heavy (non-hydrogen) atoms. The molecule has 4 nitrogen and oxygen atoms in total. The summed E-state index contributed by atoms with van der Waals surface area (Å²) in [5.74, 6) is 0. The van der Waals surface area contributed by atoms with Crippen molar-refractivity contribution in [3.05, 3.63) is 0 Å². The van der Waals surface area contributed by atoms with E-state index in [0.29, 0.717) is 0 Å². The third-order valence-electron chi connectivity index (χ3n) is 3.45. The minimum Gasteiger partial charge on any atom is -1.00 e. The summed E-state index contributed by atoms with van der Waals surface area (Å²) in [6.07, 6.45) is 13.3. The average Bonchev–Trinajstić information content (AvgIpc) is 2.45. The maximum Gasteiger partial charge on any atom is 1.00 e. The third-order valence-corrected chi connectivity index (χ3v) is 4.36. The molecule has 0 radical (unpaired) electrons. The molecule has 0 saturated carbocycles. The Labute approximate surface area is 161 Å². The van der Waals surface area contributed by atoms with E-state index in [0.717, 1.165) is 38.5 Å². The molecule has 0 aromatic rings. The monoisotopic (exact) mass is 346 g/mol. The second-order valence-corrected chi connectivity index (χ2v) is 6.88. The van der Waals surface area contributed by atoms with Crippen LogP contribution in [0.3, 0.4) is 0 Å². The number of rotatable bonds is 16. The van der Waals surface area contributed by atoms with Crippen LogP contribution >= 0.6 is 0 Å². The zero-order chi connectivity index (χ0) is 15.8. The molecule has 6 heteroatoms. The molecule has 0 spiro atoms. The van der Waals surface area contributed by atoms with Gasteiger partial charge in [0.25, 0.3) is 0 Å². The molecule has 0 heterocycles. The number of hydrogen-bond donors (Lipinski definition) is 0. The summed E-state index contributed by atoms with van der Waals surface area (Å²) in [4.78, 5) is 0. The molecule has 0 atom stereocenters. The van der Waals surface area contributed by atoms with Gasteiger partial charge in [-0.05, 0) is 12.8 Å². The van der Waals surface area contributed by atoms with Gasteiger partial charge in [-0.2, -0.15) is 8.42 Å². The molecule has 130 valence electrons. The minimum absolute atomic E-state index is 0. The molecule has 0 rings (SSSR count). The molecule has 0 saturated heterocycles. The van der Waals surface area contributed by atoms with E-state index in [-0.39, 0.29) is 44.2 Å². The van der Waals surface area contributed by atoms with Crippen LogP contribution in [0.25, 0.3) is 0 Å². The van der Waals surface area contributed by atoms with Crippen LogP contribution in [0.15, 0.2) is 0 Å². The maximum absolute atomic E-state index is 11.5. The molecule has 0 unspecified atom stereocenters. The first-order chi connectivity index (χ1) is 10.1. The van der Waals surface area contributed by atoms with Crippen molar-refractivity contribution >= 4 is 10.4 Å². The third kappa shape index (κ3) is 18.9. The standard InChI is InChI=1S/C16H34O4S.Na.H/c1-3-5-7-9-11-13-15-19-21(17,18)20-16-14-12-10-8-6-4-2;;/h3-16H2,1-2H3;;/q;+1;-1. The van der Waals surface area contributed by atoms with Crippen molar-refractivity contribution in [1.82, 2.24) is 0 Å². The predicted molar refractivity (Wildman–Crippen MR) is 88.7 cm³/mol. The van der Waals surface area contributed by atoms with Crippen molar-refractivity contribution in [2.45, 2.75) is 90.9 Å². The van der Waals surface area contributed by atoms with Gasteiger partial charge in [-0.25, -0.2) is 8.37 Å². The maximum atomic E-state index is 11.5. The van der Waals surface area contributed by atoms with E-state index < -0.39 is 10.4 Å². The van der Waals surface area contributed by atoms with E-state index in [4.69, 9.17) is 8.37 Å². The smallest absolute Gasteiger partial charge is 1.00 e. The van der Waals surface area contributed by atoms with Crippen LogP contribution in [0.4, 0.5) is 0 Å². The summed E-state index contributed by atoms with van der Waals surface area (Å²) in [5, 5.41) is 0. The van der Waals surface area contributed by atoms with Gasteiger partial charge in [0.15, 0.2) is 0 Å². The Kier molecular flexibility index (Phi) is 20.8. The fourth-order valence-electron chi connectivity index (χ4n) is 2.12. The van der Waals surface area contributed by atoms with Crippen molar-refractivity contribution < 1.29 is 47.8 Å². The molecule has 0 aromatic carbocycles. The van der Waals surface area contributed by atoms with Gasteiger partial charge in [0, 0.05) is 0 Å². The Balaban J connectivity index is -0.00000200. The predicted octanol–water partition coefficient (Wildman–Crippen LogP) is 2.10. The zero-order valence-electron chi connectivity index (χ0n) is 15.9. The Hall–Kier alpha value is 0.870. The van der Waals surface area contributed by atoms with E-state index in [1.165, 1.54) is 38.5 Å². The fraction of sp³-hybridized carbons (Fsp3) is 1.00. The average molecular weight is 347 g/mol. The first kappa shape index (κ1) is 25.1. The summed E-state index contributed by atoms with van der Waals surface area (Å²) in [6, 6.07) is 0. The van der Waals surface area contributed by atoms with Crippen molar-refractivity contribution in [2.75, 3.05) is 13.2 Å². The molecule has 0 aliphatic heterocycles. The SMILES string of the molecule is CCCCCCCCOS(=O)(=O)OCCCCCCCC.[H-].[Na+]. The quantitative estimate of drug-likeness (QED) is 0.317. The van der Waals surface area contributed by atoms with E-state index in [9.17, 15) is 8.42 Å². The van der Waals surface area contributed by atoms with E-state index in [1.54, 1.807) is 0 Å². The van der Waals surface area contributed by atoms with Gasteiger partial charge in [0.1, 0.15) is 0 Å². The first-order valence-corrected chi connectivity index (χ1v) is 9.99. The molecular weight excluding hydrogens is 311 g/mol. The van der Waals surface area contributed by atoms with E-state index in [1.807, 2.05) is 0 Å². The van der Waals surface area contributed by atoms with E-state index >= 15 is 0 Å². The summed E-state index contributed by atoms with van der Waals surface area (Å²) in [5.41, 5.74) is 0. The van der Waals surface area contributed by atoms with Gasteiger partial charge in [0.05, 0.1) is 13.2 Å². The largest absolute Gasteiger partial charge is 1.00 e. The number of unbranched alkanes of at least 4 members (excludes halogenated alkanes) is 10. The molecule has 0 aliphatic carbocycles. The Morgan fingerprint density at radius 3 is 1.32 bits per heavy atom. The van der Waals surface area contributed by atoms with Crippen LogP contribution in [-0.2, 0) is 18.8 Å². The van der Waals surface area contributed by atoms with Gasteiger partial charge in [-0.1, -0.05) is 78.1 Å². The van der Waals surface area contributed by atoms with Crippen LogP contribution in [0.5, 0.6) is 0 Å². The second-order valence-electron chi connectivity index (χ2n) is 5.59. The molecule has 0 amide bonds. The Morgan fingerprint density at radius 1 is 0.636 bits per heavy atom. The van der Waals surface area contributed by atoms with Crippen LogP contribution in [0.1, 0.15) is 92.3 Å². The second kappa shape index (κ2) is 18.2. The van der Waals surface area contributed by atoms with Crippen molar-refractivity contribution in [1.29, 1.82) is 0 Å². The van der Waals surface area contributed by atoms with Crippen LogP contribution < -0.4 is 29.6 Å². The van der Waals surface area contributed by atoms with Crippen LogP contribution in [0, 0.1) is 0 Å². The molecule has 0 fully saturated rings. The summed E-state index contributed by atoms with van der Waals surface area (Å²) in [7, 11) is -3.78. The van der Waals surface area contributed by atoms with Gasteiger partial charge in [0.2, 0.25) is 0 Å². The minimum atomic E-state index is -3.78. The van der Waals surface area contributed by atoms with E-state index in [2.05, 4.69) is 13.8 Å². The first-order valence-electron chi connectivity index (χ1n) is 8.66. The summed E-state index contributed by atoms with van der Waals surface area (Å²) in [6.45, 7) is 4.84. The number of hydrogen-bond acceptors (Lipinski definition) is 4. The Morgan fingerprint density at radius 2 is 0.955 bits per heavy atom.